The van der Waals surface area contributed by atoms with Gasteiger partial charge in [-0.25, -0.2) is 0 Å². The molecule has 1 rings (SSSR count). The Labute approximate surface area is 132 Å². The average molecular weight is 339 g/mol. The van der Waals surface area contributed by atoms with Crippen LogP contribution < -0.4 is 10.5 Å². The number of rotatable bonds is 5. The SMILES string of the molecule is CCc1ccc(OC(CN)C(F)(F)C(F)(F)F)c(C(C)(C)C)c1. The molecule has 0 amide bonds. The van der Waals surface area contributed by atoms with Gasteiger partial charge in [0.15, 0.2) is 6.10 Å². The quantitative estimate of drug-likeness (QED) is 0.805. The largest absolute Gasteiger partial charge is 0.482 e. The van der Waals surface area contributed by atoms with Gasteiger partial charge in [-0.05, 0) is 29.0 Å². The van der Waals surface area contributed by atoms with Crippen molar-refractivity contribution in [1.29, 1.82) is 0 Å². The van der Waals surface area contributed by atoms with Gasteiger partial charge in [0, 0.05) is 6.54 Å². The van der Waals surface area contributed by atoms with E-state index in [1.165, 1.54) is 6.07 Å². The van der Waals surface area contributed by atoms with E-state index in [4.69, 9.17) is 10.5 Å². The monoisotopic (exact) mass is 339 g/mol. The van der Waals surface area contributed by atoms with E-state index in [-0.39, 0.29) is 5.75 Å². The molecule has 0 saturated carbocycles. The number of benzene rings is 1. The van der Waals surface area contributed by atoms with Crippen LogP contribution in [-0.4, -0.2) is 24.7 Å². The second kappa shape index (κ2) is 6.63. The van der Waals surface area contributed by atoms with Gasteiger partial charge in [-0.3, -0.25) is 0 Å². The number of alkyl halides is 5. The minimum absolute atomic E-state index is 0.00549. The molecule has 0 aliphatic carbocycles. The highest BCUT2D eigenvalue weighted by Crippen LogP contribution is 2.41. The minimum atomic E-state index is -5.72. The smallest absolute Gasteiger partial charge is 0.457 e. The predicted molar refractivity (Wildman–Crippen MR) is 79.0 cm³/mol. The van der Waals surface area contributed by atoms with E-state index < -0.39 is 30.2 Å². The van der Waals surface area contributed by atoms with Gasteiger partial charge in [-0.2, -0.15) is 22.0 Å². The Bertz CT molecular complexity index is 534. The highest BCUT2D eigenvalue weighted by molar-refractivity contribution is 5.42. The number of hydrogen-bond acceptors (Lipinski definition) is 2. The van der Waals surface area contributed by atoms with Gasteiger partial charge in [0.1, 0.15) is 5.75 Å². The van der Waals surface area contributed by atoms with E-state index in [1.54, 1.807) is 12.1 Å². The third kappa shape index (κ3) is 4.34. The molecular formula is C16H22F5NO. The Hall–Kier alpha value is -1.37. The van der Waals surface area contributed by atoms with Crippen LogP contribution in [-0.2, 0) is 11.8 Å². The Morgan fingerprint density at radius 1 is 1.09 bits per heavy atom. The van der Waals surface area contributed by atoms with Crippen molar-refractivity contribution in [3.8, 4) is 5.75 Å². The Morgan fingerprint density at radius 3 is 2.04 bits per heavy atom. The summed E-state index contributed by atoms with van der Waals surface area (Å²) in [6.45, 7) is 6.45. The van der Waals surface area contributed by atoms with Crippen LogP contribution in [0.3, 0.4) is 0 Å². The molecule has 0 spiro atoms. The second-order valence-corrected chi connectivity index (χ2v) is 6.40. The van der Waals surface area contributed by atoms with E-state index in [0.29, 0.717) is 12.0 Å². The third-order valence-electron chi connectivity index (χ3n) is 3.53. The van der Waals surface area contributed by atoms with Gasteiger partial charge < -0.3 is 10.5 Å². The molecule has 2 nitrogen and oxygen atoms in total. The van der Waals surface area contributed by atoms with Crippen LogP contribution in [0.25, 0.3) is 0 Å². The molecule has 0 aromatic heterocycles. The maximum atomic E-state index is 13.5. The molecule has 132 valence electrons. The molecule has 0 radical (unpaired) electrons. The number of halogens is 5. The van der Waals surface area contributed by atoms with Crippen LogP contribution in [0.5, 0.6) is 5.75 Å². The summed E-state index contributed by atoms with van der Waals surface area (Å²) in [5.41, 5.74) is 6.14. The Morgan fingerprint density at radius 2 is 1.65 bits per heavy atom. The molecule has 2 N–H and O–H groups in total. The number of hydrogen-bond donors (Lipinski definition) is 1. The number of aryl methyl sites for hydroxylation is 1. The first-order valence-electron chi connectivity index (χ1n) is 7.29. The molecule has 1 atom stereocenters. The van der Waals surface area contributed by atoms with Crippen molar-refractivity contribution in [1.82, 2.24) is 0 Å². The Kier molecular flexibility index (Phi) is 5.67. The molecular weight excluding hydrogens is 317 g/mol. The van der Waals surface area contributed by atoms with E-state index in [9.17, 15) is 22.0 Å². The molecule has 1 unspecified atom stereocenters. The summed E-state index contributed by atoms with van der Waals surface area (Å²) in [5.74, 6) is -5.03. The van der Waals surface area contributed by atoms with Crippen molar-refractivity contribution in [3.05, 3.63) is 29.3 Å². The summed E-state index contributed by atoms with van der Waals surface area (Å²) in [5, 5.41) is 0. The second-order valence-electron chi connectivity index (χ2n) is 6.40. The number of ether oxygens (including phenoxy) is 1. The van der Waals surface area contributed by atoms with Crippen LogP contribution >= 0.6 is 0 Å². The maximum absolute atomic E-state index is 13.5. The van der Waals surface area contributed by atoms with Gasteiger partial charge in [-0.1, -0.05) is 39.8 Å². The lowest BCUT2D eigenvalue weighted by Crippen LogP contribution is -2.53. The fraction of sp³-hybridized carbons (Fsp3) is 0.625. The summed E-state index contributed by atoms with van der Waals surface area (Å²) in [4.78, 5) is 0. The van der Waals surface area contributed by atoms with Crippen LogP contribution in [0.1, 0.15) is 38.8 Å². The van der Waals surface area contributed by atoms with Crippen LogP contribution in [0.4, 0.5) is 22.0 Å². The van der Waals surface area contributed by atoms with Crippen LogP contribution in [0.15, 0.2) is 18.2 Å². The fourth-order valence-corrected chi connectivity index (χ4v) is 2.09. The molecule has 0 fully saturated rings. The van der Waals surface area contributed by atoms with E-state index >= 15 is 0 Å². The summed E-state index contributed by atoms with van der Waals surface area (Å²) < 4.78 is 69.7. The number of nitrogens with two attached hydrogens (primary N) is 1. The Balaban J connectivity index is 3.26. The molecule has 0 saturated heterocycles. The molecule has 1 aromatic rings. The van der Waals surface area contributed by atoms with Crippen molar-refractivity contribution >= 4 is 0 Å². The first-order valence-corrected chi connectivity index (χ1v) is 7.29. The first-order chi connectivity index (χ1) is 10.3. The summed E-state index contributed by atoms with van der Waals surface area (Å²) in [7, 11) is 0. The van der Waals surface area contributed by atoms with Crippen molar-refractivity contribution in [2.45, 2.75) is 57.7 Å². The first kappa shape index (κ1) is 19.7. The van der Waals surface area contributed by atoms with E-state index in [0.717, 1.165) is 5.56 Å². The van der Waals surface area contributed by atoms with Crippen LogP contribution in [0.2, 0.25) is 0 Å². The topological polar surface area (TPSA) is 35.2 Å². The standard InChI is InChI=1S/C16H22F5NO/c1-5-10-6-7-12(11(8-10)14(2,3)4)23-13(9-22)15(17,18)16(19,20)21/h6-8,13H,5,9,22H2,1-4H3. The highest BCUT2D eigenvalue weighted by Gasteiger charge is 2.63. The van der Waals surface area contributed by atoms with Crippen molar-refractivity contribution in [2.75, 3.05) is 6.54 Å². The summed E-state index contributed by atoms with van der Waals surface area (Å²) >= 11 is 0. The molecule has 7 heteroatoms. The summed E-state index contributed by atoms with van der Waals surface area (Å²) in [6, 6.07) is 4.83. The summed E-state index contributed by atoms with van der Waals surface area (Å²) in [6.07, 6.45) is -7.49. The molecule has 0 aliphatic heterocycles. The average Bonchev–Trinajstić information content (AvgIpc) is 2.42. The van der Waals surface area contributed by atoms with E-state index in [1.807, 2.05) is 27.7 Å². The molecule has 0 heterocycles. The highest BCUT2D eigenvalue weighted by atomic mass is 19.4. The van der Waals surface area contributed by atoms with Gasteiger partial charge >= 0.3 is 12.1 Å². The lowest BCUT2D eigenvalue weighted by molar-refractivity contribution is -0.307. The fourth-order valence-electron chi connectivity index (χ4n) is 2.09. The molecule has 0 aliphatic rings. The lowest BCUT2D eigenvalue weighted by Gasteiger charge is -2.31. The van der Waals surface area contributed by atoms with Crippen molar-refractivity contribution < 1.29 is 26.7 Å². The third-order valence-corrected chi connectivity index (χ3v) is 3.53. The van der Waals surface area contributed by atoms with Gasteiger partial charge in [0.05, 0.1) is 0 Å². The maximum Gasteiger partial charge on any atom is 0.457 e. The zero-order valence-electron chi connectivity index (χ0n) is 13.6. The molecule has 0 bridgehead atoms. The van der Waals surface area contributed by atoms with E-state index in [2.05, 4.69) is 0 Å². The van der Waals surface area contributed by atoms with Crippen molar-refractivity contribution in [3.63, 3.8) is 0 Å². The van der Waals surface area contributed by atoms with Crippen LogP contribution in [0, 0.1) is 0 Å². The lowest BCUT2D eigenvalue weighted by atomic mass is 9.85. The van der Waals surface area contributed by atoms with Crippen molar-refractivity contribution in [2.24, 2.45) is 5.73 Å². The van der Waals surface area contributed by atoms with Gasteiger partial charge in [0.2, 0.25) is 0 Å². The molecule has 1 aromatic carbocycles. The van der Waals surface area contributed by atoms with Gasteiger partial charge in [0.25, 0.3) is 0 Å². The zero-order valence-corrected chi connectivity index (χ0v) is 13.6. The molecule has 23 heavy (non-hydrogen) atoms. The zero-order chi connectivity index (χ0) is 18.1. The normalized spacial score (nSPS) is 14.7. The minimum Gasteiger partial charge on any atom is -0.482 e. The van der Waals surface area contributed by atoms with Gasteiger partial charge in [-0.15, -0.1) is 0 Å². The predicted octanol–water partition coefficient (Wildman–Crippen LogP) is 4.45.